The van der Waals surface area contributed by atoms with Crippen molar-refractivity contribution in [1.82, 2.24) is 0 Å². The normalized spacial score (nSPS) is 14.0. The molecular weight excluding hydrogens is 332 g/mol. The van der Waals surface area contributed by atoms with Crippen LogP contribution in [0.1, 0.15) is 59.6 Å². The van der Waals surface area contributed by atoms with Crippen molar-refractivity contribution in [2.45, 2.75) is 71.6 Å². The van der Waals surface area contributed by atoms with Crippen LogP contribution in [0.2, 0.25) is 5.04 Å². The first kappa shape index (κ1) is 21.9. The first-order valence-electron chi connectivity index (χ1n) is 9.10. The molecule has 5 heteroatoms. The molecule has 0 aliphatic rings. The highest BCUT2D eigenvalue weighted by molar-refractivity contribution is 6.31. The molecule has 1 aromatic rings. The lowest BCUT2D eigenvalue weighted by Gasteiger charge is -2.30. The highest BCUT2D eigenvalue weighted by atomic mass is 28.2. The molecule has 1 rings (SSSR count). The number of rotatable bonds is 9. The minimum absolute atomic E-state index is 0.265. The van der Waals surface area contributed by atoms with E-state index in [9.17, 15) is 4.79 Å². The van der Waals surface area contributed by atoms with Crippen molar-refractivity contribution in [2.75, 3.05) is 13.2 Å². The van der Waals surface area contributed by atoms with Crippen molar-refractivity contribution in [1.29, 1.82) is 0 Å². The van der Waals surface area contributed by atoms with E-state index < -0.39 is 15.9 Å². The molecule has 0 heterocycles. The van der Waals surface area contributed by atoms with Gasteiger partial charge >= 0.3 is 5.97 Å². The molecule has 0 radical (unpaired) electrons. The summed E-state index contributed by atoms with van der Waals surface area (Å²) >= 11 is 0. The van der Waals surface area contributed by atoms with Gasteiger partial charge in [0.05, 0.1) is 12.2 Å². The Morgan fingerprint density at radius 2 is 1.64 bits per heavy atom. The molecule has 0 aliphatic heterocycles. The number of carbonyl (C=O) groups is 1. The summed E-state index contributed by atoms with van der Waals surface area (Å²) < 4.78 is 16.9. The fourth-order valence-electron chi connectivity index (χ4n) is 2.38. The van der Waals surface area contributed by atoms with Gasteiger partial charge in [-0.25, -0.2) is 4.79 Å². The van der Waals surface area contributed by atoms with Crippen LogP contribution < -0.4 is 0 Å². The molecule has 0 saturated heterocycles. The van der Waals surface area contributed by atoms with Crippen LogP contribution >= 0.6 is 0 Å². The van der Waals surface area contributed by atoms with E-state index in [1.54, 1.807) is 6.92 Å². The fourth-order valence-corrected chi connectivity index (χ4v) is 3.34. The third-order valence-corrected chi connectivity index (χ3v) is 5.59. The van der Waals surface area contributed by atoms with Gasteiger partial charge < -0.3 is 13.9 Å². The van der Waals surface area contributed by atoms with E-state index in [-0.39, 0.29) is 16.6 Å². The number of benzene rings is 1. The zero-order chi connectivity index (χ0) is 19.1. The Hall–Kier alpha value is -1.17. The lowest BCUT2D eigenvalue weighted by Crippen LogP contribution is -2.29. The quantitative estimate of drug-likeness (QED) is 0.493. The zero-order valence-corrected chi connectivity index (χ0v) is 18.3. The Morgan fingerprint density at radius 1 is 1.04 bits per heavy atom. The molecule has 4 nitrogen and oxygen atoms in total. The molecule has 0 amide bonds. The van der Waals surface area contributed by atoms with Gasteiger partial charge in [0.25, 0.3) is 0 Å². The highest BCUT2D eigenvalue weighted by Gasteiger charge is 2.25. The Morgan fingerprint density at radius 3 is 2.12 bits per heavy atom. The maximum absolute atomic E-state index is 12.0. The van der Waals surface area contributed by atoms with Crippen LogP contribution in [0, 0.1) is 0 Å². The topological polar surface area (TPSA) is 44.8 Å². The van der Waals surface area contributed by atoms with Crippen LogP contribution in [-0.4, -0.2) is 35.1 Å². The third-order valence-electron chi connectivity index (χ3n) is 3.85. The summed E-state index contributed by atoms with van der Waals surface area (Å²) in [6.45, 7) is 15.4. The first-order chi connectivity index (χ1) is 11.6. The molecular formula is C20H34O4Si. The van der Waals surface area contributed by atoms with Crippen molar-refractivity contribution in [2.24, 2.45) is 0 Å². The van der Waals surface area contributed by atoms with Gasteiger partial charge in [0.1, 0.15) is 0 Å². The molecule has 0 bridgehead atoms. The van der Waals surface area contributed by atoms with Crippen molar-refractivity contribution >= 4 is 15.7 Å². The summed E-state index contributed by atoms with van der Waals surface area (Å²) in [5, 5.41) is 0.265. The standard InChI is InChI=1S/C20H34O4Si/c1-8-22-17(18(21)23-9-2)14-15-10-12-16(13-11-15)20(6,7)24-25-19(3,4)5/h10-13,17H,8-9,14,25H2,1-7H3. The molecule has 0 spiro atoms. The Bertz CT molecular complexity index is 532. The second-order valence-electron chi connectivity index (χ2n) is 7.96. The molecule has 0 fully saturated rings. The molecule has 1 aromatic carbocycles. The number of hydrogen-bond acceptors (Lipinski definition) is 4. The van der Waals surface area contributed by atoms with Gasteiger partial charge in [0, 0.05) is 13.0 Å². The smallest absolute Gasteiger partial charge is 0.335 e. The summed E-state index contributed by atoms with van der Waals surface area (Å²) in [6, 6.07) is 8.26. The van der Waals surface area contributed by atoms with E-state index in [1.165, 1.54) is 0 Å². The molecule has 1 atom stereocenters. The summed E-state index contributed by atoms with van der Waals surface area (Å²) in [6.07, 6.45) is -0.0290. The summed E-state index contributed by atoms with van der Waals surface area (Å²) in [5.41, 5.74) is 1.91. The first-order valence-corrected chi connectivity index (χ1v) is 10.4. The van der Waals surface area contributed by atoms with Crippen molar-refractivity contribution in [3.63, 3.8) is 0 Å². The SMILES string of the molecule is CCOC(=O)C(Cc1ccc(C(C)(C)O[SiH2]C(C)(C)C)cc1)OCC. The Kier molecular flexibility index (Phi) is 8.31. The molecule has 25 heavy (non-hydrogen) atoms. The third kappa shape index (κ3) is 7.71. The van der Waals surface area contributed by atoms with Gasteiger partial charge in [0.2, 0.25) is 0 Å². The van der Waals surface area contributed by atoms with Crippen LogP contribution in [0.25, 0.3) is 0 Å². The van der Waals surface area contributed by atoms with Crippen LogP contribution in [0.4, 0.5) is 0 Å². The second-order valence-corrected chi connectivity index (χ2v) is 10.7. The highest BCUT2D eigenvalue weighted by Crippen LogP contribution is 2.29. The van der Waals surface area contributed by atoms with E-state index in [0.717, 1.165) is 11.1 Å². The number of esters is 1. The van der Waals surface area contributed by atoms with Crippen LogP contribution in [0.15, 0.2) is 24.3 Å². The minimum atomic E-state index is -0.631. The Balaban J connectivity index is 2.78. The van der Waals surface area contributed by atoms with Crippen molar-refractivity contribution < 1.29 is 18.7 Å². The zero-order valence-electron chi connectivity index (χ0n) is 16.8. The van der Waals surface area contributed by atoms with E-state index in [1.807, 2.05) is 19.1 Å². The predicted molar refractivity (Wildman–Crippen MR) is 105 cm³/mol. The van der Waals surface area contributed by atoms with Gasteiger partial charge in [-0.2, -0.15) is 0 Å². The summed E-state index contributed by atoms with van der Waals surface area (Å²) in [7, 11) is -0.631. The van der Waals surface area contributed by atoms with Crippen molar-refractivity contribution in [3.8, 4) is 0 Å². The second kappa shape index (κ2) is 9.50. The molecule has 1 unspecified atom stereocenters. The monoisotopic (exact) mass is 366 g/mol. The van der Waals surface area contributed by atoms with Gasteiger partial charge in [-0.15, -0.1) is 0 Å². The Labute approximate surface area is 155 Å². The van der Waals surface area contributed by atoms with E-state index in [4.69, 9.17) is 13.9 Å². The number of ether oxygens (including phenoxy) is 2. The summed E-state index contributed by atoms with van der Waals surface area (Å²) in [5.74, 6) is -0.298. The molecule has 142 valence electrons. The largest absolute Gasteiger partial charge is 0.464 e. The van der Waals surface area contributed by atoms with Crippen LogP contribution in [0.3, 0.4) is 0 Å². The molecule has 0 saturated carbocycles. The number of carbonyl (C=O) groups excluding carboxylic acids is 1. The van der Waals surface area contributed by atoms with Crippen LogP contribution in [-0.2, 0) is 30.7 Å². The number of hydrogen-bond donors (Lipinski definition) is 0. The van der Waals surface area contributed by atoms with E-state index in [2.05, 4.69) is 46.8 Å². The van der Waals surface area contributed by atoms with E-state index >= 15 is 0 Å². The lowest BCUT2D eigenvalue weighted by molar-refractivity contribution is -0.156. The molecule has 0 N–H and O–H groups in total. The molecule has 0 aromatic heterocycles. The lowest BCUT2D eigenvalue weighted by atomic mass is 9.96. The maximum Gasteiger partial charge on any atom is 0.335 e. The van der Waals surface area contributed by atoms with Crippen LogP contribution in [0.5, 0.6) is 0 Å². The average Bonchev–Trinajstić information content (AvgIpc) is 2.53. The predicted octanol–water partition coefficient (Wildman–Crippen LogP) is 3.75. The van der Waals surface area contributed by atoms with Gasteiger partial charge in [0.15, 0.2) is 15.9 Å². The average molecular weight is 367 g/mol. The van der Waals surface area contributed by atoms with Gasteiger partial charge in [-0.3, -0.25) is 0 Å². The fraction of sp³-hybridized carbons (Fsp3) is 0.650. The van der Waals surface area contributed by atoms with E-state index in [0.29, 0.717) is 19.6 Å². The maximum atomic E-state index is 12.0. The summed E-state index contributed by atoms with van der Waals surface area (Å²) in [4.78, 5) is 12.0. The van der Waals surface area contributed by atoms with Gasteiger partial charge in [-0.05, 0) is 43.9 Å². The molecule has 0 aliphatic carbocycles. The minimum Gasteiger partial charge on any atom is -0.464 e. The van der Waals surface area contributed by atoms with Gasteiger partial charge in [-0.1, -0.05) is 45.0 Å². The van der Waals surface area contributed by atoms with Crippen molar-refractivity contribution in [3.05, 3.63) is 35.4 Å².